The van der Waals surface area contributed by atoms with Crippen LogP contribution in [0.2, 0.25) is 0 Å². The molecule has 1 aliphatic heterocycles. The molecule has 2 aromatic rings. The van der Waals surface area contributed by atoms with Crippen molar-refractivity contribution < 1.29 is 52.0 Å². The summed E-state index contributed by atoms with van der Waals surface area (Å²) in [6.45, 7) is 1.63. The van der Waals surface area contributed by atoms with Crippen LogP contribution in [0.15, 0.2) is 30.5 Å². The number of carbonyl (C=O) groups excluding carboxylic acids is 3. The fraction of sp³-hybridized carbons (Fsp3) is 0.667. The second kappa shape index (κ2) is 22.8. The van der Waals surface area contributed by atoms with E-state index in [0.29, 0.717) is 25.1 Å². The molecule has 2 heterocycles. The summed E-state index contributed by atoms with van der Waals surface area (Å²) in [7, 11) is 1.80. The first-order chi connectivity index (χ1) is 22.5. The van der Waals surface area contributed by atoms with Gasteiger partial charge < -0.3 is 48.6 Å². The number of Topliss-reactive ketones (excluding diaryl/α,β-unsaturated/α-hetero) is 3. The predicted molar refractivity (Wildman–Crippen MR) is 186 cm³/mol. The Morgan fingerprint density at radius 2 is 1.73 bits per heavy atom. The molecule has 3 rings (SSSR count). The highest BCUT2D eigenvalue weighted by molar-refractivity contribution is 7.95. The molecule has 0 spiro atoms. The van der Waals surface area contributed by atoms with Crippen molar-refractivity contribution in [3.8, 4) is 0 Å². The normalized spacial score (nSPS) is 22.3. The average Bonchev–Trinajstić information content (AvgIpc) is 3.52. The Balaban J connectivity index is 0.00000600. The highest BCUT2D eigenvalue weighted by atomic mass is 35.5. The van der Waals surface area contributed by atoms with Crippen LogP contribution in [0.1, 0.15) is 68.5 Å². The van der Waals surface area contributed by atoms with Gasteiger partial charge in [0, 0.05) is 43.6 Å². The Bertz CT molecular complexity index is 1290. The maximum Gasteiger partial charge on any atom is 0.180 e. The number of ketones is 3. The van der Waals surface area contributed by atoms with Gasteiger partial charge >= 0.3 is 0 Å². The number of aliphatic hydroxyl groups is 4. The molecule has 3 unspecified atom stereocenters. The van der Waals surface area contributed by atoms with Crippen molar-refractivity contribution in [1.82, 2.24) is 20.3 Å². The van der Waals surface area contributed by atoms with Gasteiger partial charge in [0.2, 0.25) is 0 Å². The van der Waals surface area contributed by atoms with Crippen LogP contribution in [0.3, 0.4) is 0 Å². The number of nitrogens with two attached hydrogens (primary N) is 1. The van der Waals surface area contributed by atoms with Crippen molar-refractivity contribution in [3.63, 3.8) is 0 Å². The number of ether oxygens (including phenoxy) is 1. The number of benzene rings is 1. The molecule has 0 bridgehead atoms. The molecule has 1 fully saturated rings. The first-order valence-corrected chi connectivity index (χ1v) is 18.2. The van der Waals surface area contributed by atoms with Crippen molar-refractivity contribution in [2.24, 2.45) is 11.7 Å². The molecule has 8 atom stereocenters. The predicted octanol–water partition coefficient (Wildman–Crippen LogP) is -2.56. The number of aromatic nitrogens is 3. The number of likely N-dealkylation sites (N-methyl/N-ethyl adjacent to an activating group) is 1. The summed E-state index contributed by atoms with van der Waals surface area (Å²) in [5, 5.41) is 50.8. The highest BCUT2D eigenvalue weighted by Crippen LogP contribution is 2.28. The topological polar surface area (TPSA) is 210 Å². The lowest BCUT2D eigenvalue weighted by atomic mass is 9.91. The van der Waals surface area contributed by atoms with E-state index in [9.17, 15) is 34.8 Å². The summed E-state index contributed by atoms with van der Waals surface area (Å²) < 4.78 is 6.71. The van der Waals surface area contributed by atoms with E-state index >= 15 is 0 Å². The number of hydrogen-bond acceptors (Lipinski definition) is 12. The van der Waals surface area contributed by atoms with Gasteiger partial charge in [-0.25, -0.2) is 4.68 Å². The summed E-state index contributed by atoms with van der Waals surface area (Å²) in [5.41, 5.74) is 8.13. The van der Waals surface area contributed by atoms with Gasteiger partial charge in [0.15, 0.2) is 6.23 Å². The third kappa shape index (κ3) is 13.9. The summed E-state index contributed by atoms with van der Waals surface area (Å²) in [5.74, 6) is 1.61. The van der Waals surface area contributed by atoms with Gasteiger partial charge in [-0.05, 0) is 49.8 Å². The van der Waals surface area contributed by atoms with Crippen molar-refractivity contribution in [1.29, 1.82) is 0 Å². The van der Waals surface area contributed by atoms with Crippen LogP contribution < -0.4 is 23.5 Å². The molecule has 1 saturated heterocycles. The second-order valence-corrected chi connectivity index (χ2v) is 14.7. The summed E-state index contributed by atoms with van der Waals surface area (Å²) >= 11 is 0. The molecule has 0 aliphatic carbocycles. The van der Waals surface area contributed by atoms with Gasteiger partial charge in [0.25, 0.3) is 0 Å². The number of aryl methyl sites for hydroxylation is 1. The number of carbonyl (C=O) groups is 3. The molecule has 1 aliphatic rings. The van der Waals surface area contributed by atoms with Crippen LogP contribution in [-0.2, 0) is 48.6 Å². The van der Waals surface area contributed by atoms with Gasteiger partial charge in [-0.3, -0.25) is 14.4 Å². The number of hydrogen-bond donors (Lipinski definition) is 6. The molecular formula is C33H53Cl2N5O8S. The van der Waals surface area contributed by atoms with Gasteiger partial charge in [-0.15, -0.1) is 17.5 Å². The zero-order chi connectivity index (χ0) is 34.5. The summed E-state index contributed by atoms with van der Waals surface area (Å²) in [6, 6.07) is 7.74. The molecule has 49 heavy (non-hydrogen) atoms. The quantitative estimate of drug-likeness (QED) is 0.0576. The first-order valence-electron chi connectivity index (χ1n) is 16.3. The number of nitrogens with zero attached hydrogens (tertiary/aromatic N) is 3. The van der Waals surface area contributed by atoms with Crippen LogP contribution in [-0.4, -0.2) is 115 Å². The van der Waals surface area contributed by atoms with Gasteiger partial charge in [0.1, 0.15) is 53.3 Å². The van der Waals surface area contributed by atoms with E-state index in [1.165, 1.54) is 10.9 Å². The minimum Gasteiger partial charge on any atom is -1.00 e. The second-order valence-electron chi connectivity index (χ2n) is 12.5. The fourth-order valence-corrected chi connectivity index (χ4v) is 7.28. The van der Waals surface area contributed by atoms with Gasteiger partial charge in [-0.2, -0.15) is 0 Å². The Morgan fingerprint density at radius 3 is 2.35 bits per heavy atom. The van der Waals surface area contributed by atoms with E-state index in [2.05, 4.69) is 21.9 Å². The monoisotopic (exact) mass is 749 g/mol. The Morgan fingerprint density at radius 1 is 1.06 bits per heavy atom. The maximum absolute atomic E-state index is 12.8. The van der Waals surface area contributed by atoms with Crippen molar-refractivity contribution in [3.05, 3.63) is 47.3 Å². The van der Waals surface area contributed by atoms with E-state index in [0.717, 1.165) is 41.9 Å². The maximum atomic E-state index is 12.8. The lowest BCUT2D eigenvalue weighted by Crippen LogP contribution is -3.00. The molecule has 1 aromatic carbocycles. The van der Waals surface area contributed by atoms with E-state index < -0.39 is 37.3 Å². The Kier molecular flexibility index (Phi) is 20.9. The fourth-order valence-electron chi connectivity index (χ4n) is 5.68. The number of halogens is 2. The standard InChI is InChI=1S/C33H52N5O8S.2ClH/c1-21(40)24(17-28(42)27(35-2)6-4-5-14-34)13-15-47(3)20-23-9-7-22(8-10-23)16-26(41)12-11-25-18-38(37-36-25)33-32(45)31(44)30(43)29(19-39)46-33;;/h7-10,18,24,27,29-33,35,39,43-45H,4-6,11-17,19-20,34H2,1-3H3;2*1H/q+1;;/p-1/t24-,27+,29?,30-,31+,32?,33-,47?;;/m1../s1. The molecule has 0 amide bonds. The SMILES string of the molecule is CN[C@@H](CCCCN)C(=O)C[C@@H](CC[S+](C)Cc1ccc(CC(=O)CCc2cn([C@@H]3OC(CO)[C@@H](O)[C@H](O)C3O)nn2)cc1)C(C)=O.Cl.[Cl-]. The van der Waals surface area contributed by atoms with E-state index in [-0.39, 0.29) is 84.3 Å². The minimum atomic E-state index is -1.52. The van der Waals surface area contributed by atoms with E-state index in [1.54, 1.807) is 14.0 Å². The molecule has 13 nitrogen and oxygen atoms in total. The molecule has 1 aromatic heterocycles. The average molecular weight is 751 g/mol. The Labute approximate surface area is 303 Å². The van der Waals surface area contributed by atoms with Crippen LogP contribution in [0, 0.1) is 5.92 Å². The van der Waals surface area contributed by atoms with Crippen molar-refractivity contribution in [2.75, 3.05) is 32.2 Å². The molecule has 7 N–H and O–H groups in total. The van der Waals surface area contributed by atoms with Crippen LogP contribution >= 0.6 is 12.4 Å². The zero-order valence-electron chi connectivity index (χ0n) is 28.4. The third-order valence-corrected chi connectivity index (χ3v) is 10.5. The van der Waals surface area contributed by atoms with Crippen LogP contribution in [0.25, 0.3) is 0 Å². The lowest BCUT2D eigenvalue weighted by molar-refractivity contribution is -0.254. The van der Waals surface area contributed by atoms with Crippen molar-refractivity contribution >= 4 is 40.7 Å². The van der Waals surface area contributed by atoms with Gasteiger partial charge in [-0.1, -0.05) is 35.9 Å². The van der Waals surface area contributed by atoms with Gasteiger partial charge in [0.05, 0.1) is 30.8 Å². The number of aliphatic hydroxyl groups excluding tert-OH is 4. The third-order valence-electron chi connectivity index (χ3n) is 8.70. The Hall–Kier alpha value is -1.98. The largest absolute Gasteiger partial charge is 1.00 e. The lowest BCUT2D eigenvalue weighted by Gasteiger charge is -2.39. The molecule has 0 radical (unpaired) electrons. The number of rotatable bonds is 21. The van der Waals surface area contributed by atoms with E-state index in [1.807, 2.05) is 24.3 Å². The van der Waals surface area contributed by atoms with Crippen LogP contribution in [0.5, 0.6) is 0 Å². The highest BCUT2D eigenvalue weighted by Gasteiger charge is 2.44. The molecule has 278 valence electrons. The first kappa shape index (κ1) is 45.0. The van der Waals surface area contributed by atoms with Crippen LogP contribution in [0.4, 0.5) is 0 Å². The molecular weight excluding hydrogens is 697 g/mol. The smallest absolute Gasteiger partial charge is 0.180 e. The zero-order valence-corrected chi connectivity index (χ0v) is 30.8. The summed E-state index contributed by atoms with van der Waals surface area (Å²) in [6.07, 6.45) is 1.28. The summed E-state index contributed by atoms with van der Waals surface area (Å²) in [4.78, 5) is 37.9. The molecule has 0 saturated carbocycles. The van der Waals surface area contributed by atoms with E-state index in [4.69, 9.17) is 10.5 Å². The van der Waals surface area contributed by atoms with Crippen molar-refractivity contribution in [2.45, 2.75) is 101 Å². The molecule has 16 heteroatoms. The number of nitrogens with one attached hydrogen (secondary N) is 1. The minimum absolute atomic E-state index is 0. The number of unbranched alkanes of at least 4 members (excludes halogenated alkanes) is 1.